The minimum absolute atomic E-state index is 0.0150. The number of carbonyl (C=O) groups excluding carboxylic acids is 1. The van der Waals surface area contributed by atoms with E-state index in [9.17, 15) is 4.79 Å². The van der Waals surface area contributed by atoms with Crippen molar-refractivity contribution in [1.29, 1.82) is 0 Å². The molecular formula is C17H26ClN3O. The highest BCUT2D eigenvalue weighted by atomic mass is 35.5. The molecule has 4 nitrogen and oxygen atoms in total. The number of amides is 1. The topological polar surface area (TPSA) is 58.4 Å². The van der Waals surface area contributed by atoms with E-state index in [4.69, 9.17) is 17.3 Å². The lowest BCUT2D eigenvalue weighted by Crippen LogP contribution is -2.42. The van der Waals surface area contributed by atoms with E-state index in [1.807, 2.05) is 32.0 Å². The third-order valence-corrected chi connectivity index (χ3v) is 4.72. The molecule has 0 aromatic heterocycles. The van der Waals surface area contributed by atoms with Gasteiger partial charge < -0.3 is 11.1 Å². The molecule has 1 saturated heterocycles. The minimum Gasteiger partial charge on any atom is -0.354 e. The first-order valence-electron chi connectivity index (χ1n) is 8.02. The minimum atomic E-state index is -0.182. The Hall–Kier alpha value is -1.10. The second-order valence-corrected chi connectivity index (χ2v) is 6.64. The van der Waals surface area contributed by atoms with Crippen molar-refractivity contribution < 1.29 is 4.79 Å². The molecule has 0 saturated carbocycles. The van der Waals surface area contributed by atoms with Crippen LogP contribution in [-0.2, 0) is 4.79 Å². The molecule has 22 heavy (non-hydrogen) atoms. The van der Waals surface area contributed by atoms with Crippen LogP contribution in [0.5, 0.6) is 0 Å². The summed E-state index contributed by atoms with van der Waals surface area (Å²) < 4.78 is 0. The molecule has 1 amide bonds. The van der Waals surface area contributed by atoms with E-state index in [1.54, 1.807) is 0 Å². The smallest absolute Gasteiger partial charge is 0.224 e. The largest absolute Gasteiger partial charge is 0.354 e. The molecule has 5 heteroatoms. The molecule has 1 heterocycles. The summed E-state index contributed by atoms with van der Waals surface area (Å²) in [7, 11) is 0. The molecule has 0 radical (unpaired) electrons. The zero-order valence-corrected chi connectivity index (χ0v) is 14.1. The molecule has 3 atom stereocenters. The van der Waals surface area contributed by atoms with Gasteiger partial charge in [0.05, 0.1) is 6.04 Å². The van der Waals surface area contributed by atoms with Gasteiger partial charge >= 0.3 is 0 Å². The quantitative estimate of drug-likeness (QED) is 0.846. The van der Waals surface area contributed by atoms with Gasteiger partial charge in [0.15, 0.2) is 0 Å². The lowest BCUT2D eigenvalue weighted by molar-refractivity contribution is -0.125. The molecule has 0 spiro atoms. The maximum Gasteiger partial charge on any atom is 0.224 e. The van der Waals surface area contributed by atoms with Crippen molar-refractivity contribution in [3.63, 3.8) is 0 Å². The lowest BCUT2D eigenvalue weighted by Gasteiger charge is -2.29. The molecule has 3 N–H and O–H groups in total. The van der Waals surface area contributed by atoms with Crippen molar-refractivity contribution in [2.75, 3.05) is 19.6 Å². The summed E-state index contributed by atoms with van der Waals surface area (Å²) in [6.07, 6.45) is 2.42. The van der Waals surface area contributed by atoms with Gasteiger partial charge in [-0.25, -0.2) is 0 Å². The second kappa shape index (κ2) is 7.95. The van der Waals surface area contributed by atoms with Crippen LogP contribution in [0.3, 0.4) is 0 Å². The summed E-state index contributed by atoms with van der Waals surface area (Å²) in [5, 5.41) is 3.79. The van der Waals surface area contributed by atoms with Gasteiger partial charge in [-0.2, -0.15) is 0 Å². The van der Waals surface area contributed by atoms with Crippen LogP contribution in [0.15, 0.2) is 24.3 Å². The van der Waals surface area contributed by atoms with Crippen molar-refractivity contribution in [3.05, 3.63) is 34.9 Å². The van der Waals surface area contributed by atoms with E-state index < -0.39 is 0 Å². The fourth-order valence-electron chi connectivity index (χ4n) is 2.82. The van der Waals surface area contributed by atoms with Crippen molar-refractivity contribution in [2.45, 2.75) is 38.8 Å². The molecule has 0 aliphatic carbocycles. The molecule has 1 aliphatic heterocycles. The van der Waals surface area contributed by atoms with Gasteiger partial charge in [0.25, 0.3) is 0 Å². The Morgan fingerprint density at radius 2 is 2.05 bits per heavy atom. The highest BCUT2D eigenvalue weighted by molar-refractivity contribution is 6.30. The van der Waals surface area contributed by atoms with Crippen LogP contribution in [0.2, 0.25) is 5.02 Å². The maximum atomic E-state index is 12.2. The number of nitrogens with two attached hydrogens (primary N) is 1. The van der Waals surface area contributed by atoms with Crippen LogP contribution >= 0.6 is 11.6 Å². The Morgan fingerprint density at radius 1 is 1.36 bits per heavy atom. The Balaban J connectivity index is 2.07. The molecule has 0 bridgehead atoms. The highest BCUT2D eigenvalue weighted by Gasteiger charge is 2.25. The molecule has 122 valence electrons. The third-order valence-electron chi connectivity index (χ3n) is 4.49. The van der Waals surface area contributed by atoms with Crippen LogP contribution in [-0.4, -0.2) is 36.5 Å². The molecule has 2 rings (SSSR count). The predicted molar refractivity (Wildman–Crippen MR) is 90.8 cm³/mol. The zero-order chi connectivity index (χ0) is 16.1. The highest BCUT2D eigenvalue weighted by Crippen LogP contribution is 2.26. The Labute approximate surface area is 138 Å². The van der Waals surface area contributed by atoms with Gasteiger partial charge in [-0.05, 0) is 50.6 Å². The molecule has 1 aromatic rings. The number of benzene rings is 1. The number of halogens is 1. The summed E-state index contributed by atoms with van der Waals surface area (Å²) >= 11 is 6.13. The van der Waals surface area contributed by atoms with Gasteiger partial charge in [0.2, 0.25) is 5.91 Å². The van der Waals surface area contributed by atoms with E-state index in [2.05, 4.69) is 16.3 Å². The third kappa shape index (κ3) is 4.45. The summed E-state index contributed by atoms with van der Waals surface area (Å²) in [4.78, 5) is 14.6. The standard InChI is InChI=1S/C17H26ClN3O/c1-12(13(2)19)17(22)20-11-16(21-8-3-4-9-21)14-6-5-7-15(18)10-14/h5-7,10,12-13,16H,3-4,8-9,11,19H2,1-2H3,(H,20,22). The number of hydrogen-bond donors (Lipinski definition) is 2. The zero-order valence-electron chi connectivity index (χ0n) is 13.4. The van der Waals surface area contributed by atoms with Gasteiger partial charge in [0.1, 0.15) is 0 Å². The van der Waals surface area contributed by atoms with Crippen molar-refractivity contribution in [1.82, 2.24) is 10.2 Å². The monoisotopic (exact) mass is 323 g/mol. The normalized spacial score (nSPS) is 19.6. The van der Waals surface area contributed by atoms with Crippen molar-refractivity contribution in [3.8, 4) is 0 Å². The number of hydrogen-bond acceptors (Lipinski definition) is 3. The summed E-state index contributed by atoms with van der Waals surface area (Å²) in [5.74, 6) is -0.167. The van der Waals surface area contributed by atoms with E-state index >= 15 is 0 Å². The van der Waals surface area contributed by atoms with Gasteiger partial charge in [-0.3, -0.25) is 9.69 Å². The van der Waals surface area contributed by atoms with Gasteiger partial charge in [-0.15, -0.1) is 0 Å². The van der Waals surface area contributed by atoms with Crippen molar-refractivity contribution >= 4 is 17.5 Å². The van der Waals surface area contributed by atoms with Gasteiger partial charge in [0, 0.05) is 23.5 Å². The fraction of sp³-hybridized carbons (Fsp3) is 0.588. The molecule has 1 fully saturated rings. The molecule has 1 aliphatic rings. The maximum absolute atomic E-state index is 12.2. The lowest BCUT2D eigenvalue weighted by atomic mass is 10.0. The van der Waals surface area contributed by atoms with E-state index in [0.29, 0.717) is 6.54 Å². The first-order valence-corrected chi connectivity index (χ1v) is 8.39. The van der Waals surface area contributed by atoms with Gasteiger partial charge in [-0.1, -0.05) is 30.7 Å². The Kier molecular flexibility index (Phi) is 6.24. The van der Waals surface area contributed by atoms with Crippen LogP contribution in [0, 0.1) is 5.92 Å². The number of nitrogens with zero attached hydrogens (tertiary/aromatic N) is 1. The SMILES string of the molecule is CC(N)C(C)C(=O)NCC(c1cccc(Cl)c1)N1CCCC1. The number of nitrogens with one attached hydrogen (secondary N) is 1. The van der Waals surface area contributed by atoms with E-state index in [1.165, 1.54) is 12.8 Å². The Morgan fingerprint density at radius 3 is 2.64 bits per heavy atom. The fourth-order valence-corrected chi connectivity index (χ4v) is 3.02. The summed E-state index contributed by atoms with van der Waals surface area (Å²) in [6.45, 7) is 6.45. The van der Waals surface area contributed by atoms with Crippen molar-refractivity contribution in [2.24, 2.45) is 11.7 Å². The molecular weight excluding hydrogens is 298 g/mol. The first-order chi connectivity index (χ1) is 10.5. The van der Waals surface area contributed by atoms with E-state index in [0.717, 1.165) is 23.7 Å². The average molecular weight is 324 g/mol. The average Bonchev–Trinajstić information content (AvgIpc) is 3.00. The number of likely N-dealkylation sites (tertiary alicyclic amines) is 1. The number of rotatable bonds is 6. The summed E-state index contributed by atoms with van der Waals surface area (Å²) in [6, 6.07) is 7.94. The Bertz CT molecular complexity index is 500. The molecule has 3 unspecified atom stereocenters. The van der Waals surface area contributed by atoms with Crippen LogP contribution in [0.4, 0.5) is 0 Å². The van der Waals surface area contributed by atoms with Crippen LogP contribution in [0.25, 0.3) is 0 Å². The first kappa shape index (κ1) is 17.3. The van der Waals surface area contributed by atoms with Crippen LogP contribution < -0.4 is 11.1 Å². The van der Waals surface area contributed by atoms with E-state index in [-0.39, 0.29) is 23.9 Å². The second-order valence-electron chi connectivity index (χ2n) is 6.21. The predicted octanol–water partition coefficient (Wildman–Crippen LogP) is 2.58. The van der Waals surface area contributed by atoms with Crippen LogP contribution in [0.1, 0.15) is 38.3 Å². The molecule has 1 aromatic carbocycles. The number of carbonyl (C=O) groups is 1. The summed E-state index contributed by atoms with van der Waals surface area (Å²) in [5.41, 5.74) is 6.96.